The SMILES string of the molecule is O=C(O)C(CCN(CCCCc1ccc2c(n1)NCCC2)CCOCC(F)F)Nc1ncncc1-c1ccccc1. The van der Waals surface area contributed by atoms with E-state index in [1.165, 1.54) is 11.9 Å². The van der Waals surface area contributed by atoms with Gasteiger partial charge in [0.05, 0.1) is 6.61 Å². The maximum Gasteiger partial charge on any atom is 0.326 e. The van der Waals surface area contributed by atoms with Crippen LogP contribution >= 0.6 is 0 Å². The lowest BCUT2D eigenvalue weighted by molar-refractivity contribution is -0.138. The molecule has 41 heavy (non-hydrogen) atoms. The van der Waals surface area contributed by atoms with E-state index in [9.17, 15) is 18.7 Å². The molecule has 1 aliphatic rings. The van der Waals surface area contributed by atoms with Gasteiger partial charge in [-0.25, -0.2) is 28.5 Å². The van der Waals surface area contributed by atoms with Crippen molar-refractivity contribution in [3.05, 3.63) is 66.2 Å². The van der Waals surface area contributed by atoms with E-state index in [2.05, 4.69) is 37.6 Å². The number of aromatic nitrogens is 3. The number of aryl methyl sites for hydroxylation is 2. The highest BCUT2D eigenvalue weighted by Crippen LogP contribution is 2.26. The van der Waals surface area contributed by atoms with Crippen LogP contribution in [0.15, 0.2) is 55.0 Å². The van der Waals surface area contributed by atoms with E-state index in [1.54, 1.807) is 6.20 Å². The summed E-state index contributed by atoms with van der Waals surface area (Å²) in [6.45, 7) is 2.07. The second-order valence-electron chi connectivity index (χ2n) is 10.1. The Morgan fingerprint density at radius 3 is 2.78 bits per heavy atom. The Bertz CT molecular complexity index is 1230. The van der Waals surface area contributed by atoms with Gasteiger partial charge in [0.15, 0.2) is 0 Å². The maximum atomic E-state index is 12.5. The van der Waals surface area contributed by atoms with Crippen molar-refractivity contribution in [1.82, 2.24) is 19.9 Å². The van der Waals surface area contributed by atoms with Crippen LogP contribution in [0.2, 0.25) is 0 Å². The number of benzene rings is 1. The molecule has 0 fully saturated rings. The number of nitrogens with one attached hydrogen (secondary N) is 2. The summed E-state index contributed by atoms with van der Waals surface area (Å²) in [5.41, 5.74) is 3.89. The van der Waals surface area contributed by atoms with E-state index in [0.29, 0.717) is 37.4 Å². The minimum atomic E-state index is -2.52. The number of rotatable bonds is 17. The Hall–Kier alpha value is -3.70. The molecule has 11 heteroatoms. The highest BCUT2D eigenvalue weighted by Gasteiger charge is 2.21. The first-order valence-electron chi connectivity index (χ1n) is 14.2. The summed E-state index contributed by atoms with van der Waals surface area (Å²) in [6.07, 6.45) is 5.58. The molecule has 3 heterocycles. The van der Waals surface area contributed by atoms with Gasteiger partial charge in [0.2, 0.25) is 0 Å². The molecule has 1 unspecified atom stereocenters. The number of alkyl halides is 2. The minimum absolute atomic E-state index is 0.150. The fourth-order valence-corrected chi connectivity index (χ4v) is 4.86. The number of ether oxygens (including phenoxy) is 1. The molecule has 0 radical (unpaired) electrons. The molecule has 1 aliphatic heterocycles. The lowest BCUT2D eigenvalue weighted by Crippen LogP contribution is -2.37. The Morgan fingerprint density at radius 1 is 1.12 bits per heavy atom. The van der Waals surface area contributed by atoms with Gasteiger partial charge in [-0.05, 0) is 62.3 Å². The summed E-state index contributed by atoms with van der Waals surface area (Å²) in [6, 6.07) is 12.9. The quantitative estimate of drug-likeness (QED) is 0.199. The average molecular weight is 569 g/mol. The molecule has 9 nitrogen and oxygen atoms in total. The van der Waals surface area contributed by atoms with Crippen molar-refractivity contribution in [2.24, 2.45) is 0 Å². The number of hydrogen-bond acceptors (Lipinski definition) is 8. The number of carbonyl (C=O) groups is 1. The number of pyridine rings is 1. The lowest BCUT2D eigenvalue weighted by atomic mass is 10.1. The van der Waals surface area contributed by atoms with Gasteiger partial charge < -0.3 is 25.4 Å². The molecule has 0 amide bonds. The molecular formula is C30H38F2N6O3. The monoisotopic (exact) mass is 568 g/mol. The number of carboxylic acid groups (broad SMARTS) is 1. The van der Waals surface area contributed by atoms with E-state index in [4.69, 9.17) is 9.72 Å². The normalized spacial score (nSPS) is 13.6. The summed E-state index contributed by atoms with van der Waals surface area (Å²) < 4.78 is 30.2. The van der Waals surface area contributed by atoms with Crippen LogP contribution in [0, 0.1) is 0 Å². The van der Waals surface area contributed by atoms with E-state index in [0.717, 1.165) is 55.7 Å². The number of halogens is 2. The zero-order valence-corrected chi connectivity index (χ0v) is 23.1. The van der Waals surface area contributed by atoms with Crippen molar-refractivity contribution in [2.75, 3.05) is 50.0 Å². The molecule has 3 aromatic rings. The fourth-order valence-electron chi connectivity index (χ4n) is 4.86. The average Bonchev–Trinajstić information content (AvgIpc) is 2.99. The van der Waals surface area contributed by atoms with Gasteiger partial charge in [0.25, 0.3) is 6.43 Å². The summed E-state index contributed by atoms with van der Waals surface area (Å²) in [5.74, 6) is 0.430. The van der Waals surface area contributed by atoms with Gasteiger partial charge in [0.1, 0.15) is 30.6 Å². The van der Waals surface area contributed by atoms with Gasteiger partial charge in [-0.3, -0.25) is 0 Å². The van der Waals surface area contributed by atoms with Crippen LogP contribution in [0.4, 0.5) is 20.4 Å². The Kier molecular flexibility index (Phi) is 11.8. The molecule has 2 aromatic heterocycles. The van der Waals surface area contributed by atoms with E-state index in [-0.39, 0.29) is 6.61 Å². The Morgan fingerprint density at radius 2 is 1.98 bits per heavy atom. The van der Waals surface area contributed by atoms with Gasteiger partial charge in [-0.15, -0.1) is 0 Å². The first-order chi connectivity index (χ1) is 20.0. The molecule has 0 aliphatic carbocycles. The number of unbranched alkanes of at least 4 members (excludes halogenated alkanes) is 1. The molecule has 0 bridgehead atoms. The van der Waals surface area contributed by atoms with Crippen molar-refractivity contribution >= 4 is 17.6 Å². The van der Waals surface area contributed by atoms with Crippen LogP contribution in [0.5, 0.6) is 0 Å². The first-order valence-corrected chi connectivity index (χ1v) is 14.2. The van der Waals surface area contributed by atoms with Crippen LogP contribution < -0.4 is 10.6 Å². The maximum absolute atomic E-state index is 12.5. The second kappa shape index (κ2) is 15.9. The molecule has 3 N–H and O–H groups in total. The number of aliphatic carboxylic acids is 1. The standard InChI is InChI=1S/C30H38F2N6O3/c31-27(32)20-41-18-17-38(15-5-4-10-24-12-11-23-9-6-14-34-28(23)36-24)16-13-26(30(39)40)37-29-25(19-33-21-35-29)22-7-2-1-3-8-22/h1-3,7-8,11-12,19,21,26-27H,4-6,9-10,13-18,20H2,(H,34,36)(H,39,40)(H,33,35,37). The molecule has 0 saturated heterocycles. The topological polar surface area (TPSA) is 112 Å². The third-order valence-corrected chi connectivity index (χ3v) is 7.04. The van der Waals surface area contributed by atoms with E-state index >= 15 is 0 Å². The van der Waals surface area contributed by atoms with Crippen LogP contribution in [-0.2, 0) is 22.4 Å². The molecule has 220 valence electrons. The zero-order valence-electron chi connectivity index (χ0n) is 23.1. The number of carboxylic acids is 1. The Labute approximate surface area is 239 Å². The van der Waals surface area contributed by atoms with Gasteiger partial charge >= 0.3 is 5.97 Å². The number of nitrogens with zero attached hydrogens (tertiary/aromatic N) is 4. The number of fused-ring (bicyclic) bond motifs is 1. The second-order valence-corrected chi connectivity index (χ2v) is 10.1. The largest absolute Gasteiger partial charge is 0.480 e. The fraction of sp³-hybridized carbons (Fsp3) is 0.467. The third kappa shape index (κ3) is 9.72. The highest BCUT2D eigenvalue weighted by molar-refractivity contribution is 5.81. The van der Waals surface area contributed by atoms with Crippen molar-refractivity contribution in [2.45, 2.75) is 51.0 Å². The molecule has 0 saturated carbocycles. The van der Waals surface area contributed by atoms with Crippen molar-refractivity contribution in [3.8, 4) is 11.1 Å². The Balaban J connectivity index is 1.33. The zero-order chi connectivity index (χ0) is 28.9. The van der Waals surface area contributed by atoms with E-state index in [1.807, 2.05) is 30.3 Å². The van der Waals surface area contributed by atoms with Gasteiger partial charge in [0, 0.05) is 37.1 Å². The molecule has 4 rings (SSSR count). The van der Waals surface area contributed by atoms with Gasteiger partial charge in [-0.1, -0.05) is 36.4 Å². The van der Waals surface area contributed by atoms with E-state index < -0.39 is 25.0 Å². The van der Waals surface area contributed by atoms with Crippen molar-refractivity contribution < 1.29 is 23.4 Å². The smallest absolute Gasteiger partial charge is 0.326 e. The number of anilines is 2. The highest BCUT2D eigenvalue weighted by atomic mass is 19.3. The van der Waals surface area contributed by atoms with Crippen LogP contribution in [0.3, 0.4) is 0 Å². The summed E-state index contributed by atoms with van der Waals surface area (Å²) in [5, 5.41) is 16.4. The summed E-state index contributed by atoms with van der Waals surface area (Å²) in [4.78, 5) is 27.4. The van der Waals surface area contributed by atoms with Crippen molar-refractivity contribution in [1.29, 1.82) is 0 Å². The predicted octanol–water partition coefficient (Wildman–Crippen LogP) is 4.76. The first kappa shape index (κ1) is 30.3. The predicted molar refractivity (Wildman–Crippen MR) is 154 cm³/mol. The van der Waals surface area contributed by atoms with Crippen LogP contribution in [-0.4, -0.2) is 82.8 Å². The molecular weight excluding hydrogens is 530 g/mol. The van der Waals surface area contributed by atoms with Crippen molar-refractivity contribution in [3.63, 3.8) is 0 Å². The lowest BCUT2D eigenvalue weighted by Gasteiger charge is -2.25. The molecule has 1 aromatic carbocycles. The number of hydrogen-bond donors (Lipinski definition) is 3. The molecule has 1 atom stereocenters. The van der Waals surface area contributed by atoms with Crippen LogP contribution in [0.25, 0.3) is 11.1 Å². The van der Waals surface area contributed by atoms with Crippen LogP contribution in [0.1, 0.15) is 36.9 Å². The third-order valence-electron chi connectivity index (χ3n) is 7.04. The summed E-state index contributed by atoms with van der Waals surface area (Å²) in [7, 11) is 0. The minimum Gasteiger partial charge on any atom is -0.480 e. The molecule has 0 spiro atoms. The summed E-state index contributed by atoms with van der Waals surface area (Å²) >= 11 is 0. The van der Waals surface area contributed by atoms with Gasteiger partial charge in [-0.2, -0.15) is 0 Å².